The van der Waals surface area contributed by atoms with Gasteiger partial charge in [0.2, 0.25) is 5.91 Å². The Morgan fingerprint density at radius 1 is 1.00 bits per heavy atom. The van der Waals surface area contributed by atoms with Crippen LogP contribution in [0.2, 0.25) is 0 Å². The highest BCUT2D eigenvalue weighted by Gasteiger charge is 2.19. The van der Waals surface area contributed by atoms with Crippen LogP contribution in [-0.4, -0.2) is 51.4 Å². The lowest BCUT2D eigenvalue weighted by atomic mass is 10.2. The minimum atomic E-state index is -4.15. The van der Waals surface area contributed by atoms with Crippen molar-refractivity contribution in [2.24, 2.45) is 0 Å². The van der Waals surface area contributed by atoms with Gasteiger partial charge in [-0.2, -0.15) is 0 Å². The number of pyridine rings is 1. The van der Waals surface area contributed by atoms with Gasteiger partial charge in [0.15, 0.2) is 0 Å². The molecule has 3 N–H and O–H groups in total. The third kappa shape index (κ3) is 8.28. The van der Waals surface area contributed by atoms with Crippen molar-refractivity contribution in [1.82, 2.24) is 15.0 Å². The van der Waals surface area contributed by atoms with E-state index in [1.54, 1.807) is 0 Å². The summed E-state index contributed by atoms with van der Waals surface area (Å²) in [5, 5.41) is 5.30. The van der Waals surface area contributed by atoms with Crippen molar-refractivity contribution < 1.29 is 27.5 Å². The Hall–Kier alpha value is -3.31. The van der Waals surface area contributed by atoms with Gasteiger partial charge in [0.25, 0.3) is 21.8 Å². The van der Waals surface area contributed by atoms with E-state index in [0.717, 1.165) is 25.5 Å². The number of anilines is 1. The number of methoxy groups -OCH3 is 1. The van der Waals surface area contributed by atoms with Crippen LogP contribution in [0.15, 0.2) is 47.5 Å². The van der Waals surface area contributed by atoms with E-state index < -0.39 is 21.8 Å². The number of hydrogen-bond acceptors (Lipinski definition) is 7. The summed E-state index contributed by atoms with van der Waals surface area (Å²) in [6, 6.07) is 8.12. The molecule has 1 heterocycles. The number of sulfonamides is 1. The molecular formula is C22H28N4O6S. The first-order valence-electron chi connectivity index (χ1n) is 10.5. The molecule has 0 bridgehead atoms. The molecule has 0 unspecified atom stereocenters. The minimum absolute atomic E-state index is 0.0250. The average Bonchev–Trinajstić information content (AvgIpc) is 2.79. The van der Waals surface area contributed by atoms with Crippen LogP contribution in [0.3, 0.4) is 0 Å². The fraction of sp³-hybridized carbons (Fsp3) is 0.364. The van der Waals surface area contributed by atoms with Crippen LogP contribution in [0.25, 0.3) is 0 Å². The summed E-state index contributed by atoms with van der Waals surface area (Å²) in [6.07, 6.45) is 4.27. The number of ether oxygens (including phenoxy) is 1. The smallest absolute Gasteiger partial charge is 0.269 e. The molecule has 3 amide bonds. The highest BCUT2D eigenvalue weighted by Crippen LogP contribution is 2.15. The average molecular weight is 477 g/mol. The molecule has 0 aliphatic carbocycles. The predicted octanol–water partition coefficient (Wildman–Crippen LogP) is 2.10. The third-order valence-electron chi connectivity index (χ3n) is 4.53. The van der Waals surface area contributed by atoms with Crippen molar-refractivity contribution in [3.05, 3.63) is 53.9 Å². The molecule has 0 aliphatic heterocycles. The minimum Gasteiger partial charge on any atom is -0.383 e. The van der Waals surface area contributed by atoms with Crippen molar-refractivity contribution >= 4 is 33.4 Å². The van der Waals surface area contributed by atoms with Crippen molar-refractivity contribution in [3.8, 4) is 0 Å². The molecule has 11 heteroatoms. The van der Waals surface area contributed by atoms with Gasteiger partial charge in [-0.25, -0.2) is 13.1 Å². The molecule has 2 rings (SSSR count). The van der Waals surface area contributed by atoms with Gasteiger partial charge < -0.3 is 15.4 Å². The first-order chi connectivity index (χ1) is 15.8. The Morgan fingerprint density at radius 2 is 1.73 bits per heavy atom. The molecule has 1 aromatic heterocycles. The number of aromatic nitrogens is 1. The molecule has 0 aliphatic rings. The largest absolute Gasteiger partial charge is 0.383 e. The highest BCUT2D eigenvalue weighted by molar-refractivity contribution is 7.90. The molecule has 0 atom stereocenters. The maximum Gasteiger partial charge on any atom is 0.269 e. The van der Waals surface area contributed by atoms with Crippen molar-refractivity contribution in [1.29, 1.82) is 0 Å². The van der Waals surface area contributed by atoms with Gasteiger partial charge >= 0.3 is 0 Å². The highest BCUT2D eigenvalue weighted by atomic mass is 32.2. The summed E-state index contributed by atoms with van der Waals surface area (Å²) in [6.45, 7) is 2.70. The number of rotatable bonds is 12. The van der Waals surface area contributed by atoms with E-state index in [4.69, 9.17) is 4.74 Å². The zero-order valence-electron chi connectivity index (χ0n) is 18.6. The summed E-state index contributed by atoms with van der Waals surface area (Å²) in [5.41, 5.74) is 0.520. The Bertz CT molecular complexity index is 1050. The lowest BCUT2D eigenvalue weighted by Gasteiger charge is -2.09. The standard InChI is InChI=1S/C22H28N4O6S/c1-3-4-5-6-20(27)25-17-8-10-18(11-9-17)33(30,31)26-21(28)16-7-12-19(24-15-16)22(29)23-13-14-32-2/h7-12,15H,3-6,13-14H2,1-2H3,(H,23,29)(H,25,27)(H,26,28). The molecule has 0 spiro atoms. The van der Waals surface area contributed by atoms with Crippen LogP contribution in [0.1, 0.15) is 53.5 Å². The molecule has 33 heavy (non-hydrogen) atoms. The summed E-state index contributed by atoms with van der Waals surface area (Å²) in [5.74, 6) is -1.47. The molecule has 1 aromatic carbocycles. The van der Waals surface area contributed by atoms with Crippen LogP contribution >= 0.6 is 0 Å². The van der Waals surface area contributed by atoms with Gasteiger partial charge in [0.05, 0.1) is 17.1 Å². The SMILES string of the molecule is CCCCCC(=O)Nc1ccc(S(=O)(=O)NC(=O)c2ccc(C(=O)NCCOC)nc2)cc1. The van der Waals surface area contributed by atoms with E-state index in [2.05, 4.69) is 15.6 Å². The number of benzene rings is 1. The van der Waals surface area contributed by atoms with Crippen LogP contribution in [-0.2, 0) is 19.6 Å². The molecule has 0 saturated heterocycles. The van der Waals surface area contributed by atoms with Crippen molar-refractivity contribution in [2.75, 3.05) is 25.6 Å². The Labute approximate surface area is 193 Å². The second kappa shape index (κ2) is 12.7. The van der Waals surface area contributed by atoms with E-state index in [9.17, 15) is 22.8 Å². The number of carbonyl (C=O) groups is 3. The quantitative estimate of drug-likeness (QED) is 0.398. The van der Waals surface area contributed by atoms with Crippen LogP contribution < -0.4 is 15.4 Å². The number of nitrogens with one attached hydrogen (secondary N) is 3. The van der Waals surface area contributed by atoms with E-state index in [1.807, 2.05) is 11.6 Å². The Kier molecular flexibility index (Phi) is 9.95. The molecule has 10 nitrogen and oxygen atoms in total. The van der Waals surface area contributed by atoms with E-state index in [1.165, 1.54) is 43.5 Å². The zero-order chi connectivity index (χ0) is 24.3. The van der Waals surface area contributed by atoms with E-state index in [-0.39, 0.29) is 22.1 Å². The number of carbonyl (C=O) groups excluding carboxylic acids is 3. The van der Waals surface area contributed by atoms with E-state index >= 15 is 0 Å². The summed E-state index contributed by atoms with van der Waals surface area (Å²) < 4.78 is 31.9. The maximum absolute atomic E-state index is 12.5. The number of hydrogen-bond donors (Lipinski definition) is 3. The summed E-state index contributed by atoms with van der Waals surface area (Å²) >= 11 is 0. The van der Waals surface area contributed by atoms with Crippen LogP contribution in [0.4, 0.5) is 5.69 Å². The van der Waals surface area contributed by atoms with Gasteiger partial charge in [0, 0.05) is 32.0 Å². The number of amides is 3. The van der Waals surface area contributed by atoms with Crippen LogP contribution in [0.5, 0.6) is 0 Å². The van der Waals surface area contributed by atoms with Crippen LogP contribution in [0, 0.1) is 0 Å². The van der Waals surface area contributed by atoms with Gasteiger partial charge in [-0.05, 0) is 42.8 Å². The van der Waals surface area contributed by atoms with Crippen molar-refractivity contribution in [2.45, 2.75) is 37.5 Å². The summed E-state index contributed by atoms with van der Waals surface area (Å²) in [4.78, 5) is 39.9. The molecule has 0 fully saturated rings. The third-order valence-corrected chi connectivity index (χ3v) is 5.88. The molecule has 0 radical (unpaired) electrons. The van der Waals surface area contributed by atoms with Crippen molar-refractivity contribution in [3.63, 3.8) is 0 Å². The molecule has 0 saturated carbocycles. The fourth-order valence-corrected chi connectivity index (χ4v) is 3.71. The van der Waals surface area contributed by atoms with Gasteiger partial charge in [-0.3, -0.25) is 19.4 Å². The second-order valence-electron chi connectivity index (χ2n) is 7.15. The maximum atomic E-state index is 12.5. The second-order valence-corrected chi connectivity index (χ2v) is 8.83. The lowest BCUT2D eigenvalue weighted by Crippen LogP contribution is -2.31. The fourth-order valence-electron chi connectivity index (χ4n) is 2.74. The van der Waals surface area contributed by atoms with Gasteiger partial charge in [-0.15, -0.1) is 0 Å². The molecule has 178 valence electrons. The monoisotopic (exact) mass is 476 g/mol. The normalized spacial score (nSPS) is 11.0. The lowest BCUT2D eigenvalue weighted by molar-refractivity contribution is -0.116. The zero-order valence-corrected chi connectivity index (χ0v) is 19.4. The first kappa shape index (κ1) is 25.9. The van der Waals surface area contributed by atoms with Gasteiger partial charge in [-0.1, -0.05) is 19.8 Å². The van der Waals surface area contributed by atoms with E-state index in [0.29, 0.717) is 25.3 Å². The Balaban J connectivity index is 1.97. The predicted molar refractivity (Wildman–Crippen MR) is 122 cm³/mol. The number of unbranched alkanes of at least 4 members (excludes halogenated alkanes) is 2. The van der Waals surface area contributed by atoms with Gasteiger partial charge in [0.1, 0.15) is 5.69 Å². The molecular weight excluding hydrogens is 448 g/mol. The first-order valence-corrected chi connectivity index (χ1v) is 12.0. The molecule has 2 aromatic rings. The number of nitrogens with zero attached hydrogens (tertiary/aromatic N) is 1. The summed E-state index contributed by atoms with van der Waals surface area (Å²) in [7, 11) is -2.64. The topological polar surface area (TPSA) is 144 Å². The Morgan fingerprint density at radius 3 is 2.33 bits per heavy atom.